The number of rotatable bonds is 29. The van der Waals surface area contributed by atoms with E-state index in [4.69, 9.17) is 15.0 Å². The normalized spacial score (nSPS) is 11.9. The van der Waals surface area contributed by atoms with Gasteiger partial charge in [-0.3, -0.25) is 14.4 Å². The smallest absolute Gasteiger partial charge is 0.407 e. The molecule has 0 bridgehead atoms. The van der Waals surface area contributed by atoms with Crippen molar-refractivity contribution in [2.75, 3.05) is 26.2 Å². The zero-order chi connectivity index (χ0) is 38.4. The highest BCUT2D eigenvalue weighted by molar-refractivity contribution is 5.92. The van der Waals surface area contributed by atoms with Crippen LogP contribution in [0.3, 0.4) is 0 Å². The summed E-state index contributed by atoms with van der Waals surface area (Å²) in [7, 11) is 0. The summed E-state index contributed by atoms with van der Waals surface area (Å²) >= 11 is 0. The van der Waals surface area contributed by atoms with Gasteiger partial charge in [0, 0.05) is 31.0 Å². The van der Waals surface area contributed by atoms with Gasteiger partial charge in [0.15, 0.2) is 0 Å². The zero-order valence-electron chi connectivity index (χ0n) is 31.7. The molecule has 2 aromatic rings. The molecule has 0 aliphatic heterocycles. The van der Waals surface area contributed by atoms with Gasteiger partial charge in [-0.15, -0.1) is 0 Å². The number of nitrogens with one attached hydrogen (secondary N) is 4. The number of ether oxygens (including phenoxy) is 2. The molecule has 53 heavy (non-hydrogen) atoms. The second kappa shape index (κ2) is 28.9. The molecule has 13 heteroatoms. The summed E-state index contributed by atoms with van der Waals surface area (Å²) in [5.41, 5.74) is 10.2. The van der Waals surface area contributed by atoms with E-state index in [0.717, 1.165) is 62.5 Å². The van der Waals surface area contributed by atoms with Crippen molar-refractivity contribution in [1.82, 2.24) is 21.3 Å². The fourth-order valence-corrected chi connectivity index (χ4v) is 5.48. The number of hydrogen-bond acceptors (Lipinski definition) is 7. The Labute approximate surface area is 315 Å². The SMILES string of the molecule is CC(C)CCNC(=O)[C@@H](CCCCNC(=O)OCc1ccccc1)NC(=O)[C@@H](COCc1ccccc1)NC(=O)CCCCCCCCCCN=[N+]=[N-]. The van der Waals surface area contributed by atoms with Gasteiger partial charge in [-0.1, -0.05) is 118 Å². The number of nitrogens with zero attached hydrogens (tertiary/aromatic N) is 3. The van der Waals surface area contributed by atoms with Crippen LogP contribution in [-0.2, 0) is 37.1 Å². The van der Waals surface area contributed by atoms with E-state index in [2.05, 4.69) is 45.1 Å². The Hall–Kier alpha value is -4.61. The molecule has 0 fully saturated rings. The molecule has 0 unspecified atom stereocenters. The van der Waals surface area contributed by atoms with Crippen molar-refractivity contribution < 1.29 is 28.7 Å². The molecule has 4 N–H and O–H groups in total. The number of carbonyl (C=O) groups excluding carboxylic acids is 4. The lowest BCUT2D eigenvalue weighted by Crippen LogP contribution is -2.55. The Morgan fingerprint density at radius 3 is 1.94 bits per heavy atom. The van der Waals surface area contributed by atoms with E-state index in [-0.39, 0.29) is 38.1 Å². The highest BCUT2D eigenvalue weighted by Crippen LogP contribution is 2.11. The van der Waals surface area contributed by atoms with E-state index in [1.807, 2.05) is 60.7 Å². The second-order valence-electron chi connectivity index (χ2n) is 13.7. The van der Waals surface area contributed by atoms with Crippen LogP contribution in [-0.4, -0.2) is 62.1 Å². The first-order chi connectivity index (χ1) is 25.8. The van der Waals surface area contributed by atoms with Crippen LogP contribution in [0.2, 0.25) is 0 Å². The molecular weight excluding hydrogens is 674 g/mol. The van der Waals surface area contributed by atoms with Crippen LogP contribution in [0.5, 0.6) is 0 Å². The number of alkyl carbamates (subject to hydrolysis) is 1. The highest BCUT2D eigenvalue weighted by atomic mass is 16.5. The third-order valence-corrected chi connectivity index (χ3v) is 8.58. The minimum Gasteiger partial charge on any atom is -0.445 e. The van der Waals surface area contributed by atoms with Crippen LogP contribution >= 0.6 is 0 Å². The van der Waals surface area contributed by atoms with Gasteiger partial charge in [-0.05, 0) is 61.1 Å². The van der Waals surface area contributed by atoms with Gasteiger partial charge in [0.05, 0.1) is 13.2 Å². The van der Waals surface area contributed by atoms with Gasteiger partial charge in [-0.25, -0.2) is 4.79 Å². The van der Waals surface area contributed by atoms with Gasteiger partial charge in [0.25, 0.3) is 0 Å². The van der Waals surface area contributed by atoms with Gasteiger partial charge in [0.2, 0.25) is 17.7 Å². The first kappa shape index (κ1) is 44.6. The predicted octanol–water partition coefficient (Wildman–Crippen LogP) is 7.25. The van der Waals surface area contributed by atoms with Crippen LogP contribution in [0.4, 0.5) is 4.79 Å². The maximum absolute atomic E-state index is 13.7. The average molecular weight is 736 g/mol. The highest BCUT2D eigenvalue weighted by Gasteiger charge is 2.27. The molecule has 13 nitrogen and oxygen atoms in total. The molecule has 0 aromatic heterocycles. The fraction of sp³-hybridized carbons (Fsp3) is 0.600. The molecule has 2 atom stereocenters. The molecule has 0 spiro atoms. The van der Waals surface area contributed by atoms with Crippen LogP contribution in [0.1, 0.15) is 108 Å². The van der Waals surface area contributed by atoms with E-state index >= 15 is 0 Å². The Bertz CT molecular complexity index is 1360. The van der Waals surface area contributed by atoms with Crippen LogP contribution in [0.15, 0.2) is 65.8 Å². The van der Waals surface area contributed by atoms with E-state index < -0.39 is 24.1 Å². The lowest BCUT2D eigenvalue weighted by molar-refractivity contribution is -0.133. The van der Waals surface area contributed by atoms with Crippen molar-refractivity contribution in [1.29, 1.82) is 0 Å². The minimum atomic E-state index is -0.983. The molecule has 2 aromatic carbocycles. The lowest BCUT2D eigenvalue weighted by Gasteiger charge is -2.23. The largest absolute Gasteiger partial charge is 0.445 e. The van der Waals surface area contributed by atoms with Crippen LogP contribution < -0.4 is 21.3 Å². The third-order valence-electron chi connectivity index (χ3n) is 8.58. The summed E-state index contributed by atoms with van der Waals surface area (Å²) in [5.74, 6) is -0.618. The predicted molar refractivity (Wildman–Crippen MR) is 206 cm³/mol. The zero-order valence-corrected chi connectivity index (χ0v) is 31.7. The van der Waals surface area contributed by atoms with Crippen molar-refractivity contribution in [2.24, 2.45) is 11.0 Å². The van der Waals surface area contributed by atoms with Gasteiger partial charge < -0.3 is 30.7 Å². The van der Waals surface area contributed by atoms with Crippen molar-refractivity contribution in [3.8, 4) is 0 Å². The number of azide groups is 1. The van der Waals surface area contributed by atoms with E-state index in [1.165, 1.54) is 0 Å². The van der Waals surface area contributed by atoms with E-state index in [0.29, 0.717) is 51.2 Å². The molecule has 2 rings (SSSR count). The molecule has 0 saturated heterocycles. The summed E-state index contributed by atoms with van der Waals surface area (Å²) < 4.78 is 11.1. The monoisotopic (exact) mass is 735 g/mol. The molecule has 0 heterocycles. The summed E-state index contributed by atoms with van der Waals surface area (Å²) in [6, 6.07) is 17.2. The lowest BCUT2D eigenvalue weighted by atomic mass is 10.1. The number of carbonyl (C=O) groups is 4. The van der Waals surface area contributed by atoms with Gasteiger partial charge in [-0.2, -0.15) is 0 Å². The van der Waals surface area contributed by atoms with E-state index in [1.54, 1.807) is 0 Å². The third kappa shape index (κ3) is 22.8. The Balaban J connectivity index is 1.90. The van der Waals surface area contributed by atoms with Crippen molar-refractivity contribution in [3.05, 3.63) is 82.2 Å². The summed E-state index contributed by atoms with van der Waals surface area (Å²) in [4.78, 5) is 54.8. The number of benzene rings is 2. The quantitative estimate of drug-likeness (QED) is 0.0295. The Morgan fingerprint density at radius 1 is 0.679 bits per heavy atom. The summed E-state index contributed by atoms with van der Waals surface area (Å²) in [6.07, 6.45) is 9.90. The average Bonchev–Trinajstić information content (AvgIpc) is 3.15. The van der Waals surface area contributed by atoms with Crippen LogP contribution in [0, 0.1) is 5.92 Å². The molecule has 0 saturated carbocycles. The number of unbranched alkanes of at least 4 members (excludes halogenated alkanes) is 8. The fourth-order valence-electron chi connectivity index (χ4n) is 5.48. The first-order valence-electron chi connectivity index (χ1n) is 19.2. The maximum Gasteiger partial charge on any atom is 0.407 e. The Kier molecular flexibility index (Phi) is 24.3. The molecule has 0 aliphatic rings. The van der Waals surface area contributed by atoms with Crippen molar-refractivity contribution in [3.63, 3.8) is 0 Å². The Morgan fingerprint density at radius 2 is 1.30 bits per heavy atom. The van der Waals surface area contributed by atoms with Gasteiger partial charge in [0.1, 0.15) is 18.7 Å². The number of hydrogen-bond donors (Lipinski definition) is 4. The summed E-state index contributed by atoms with van der Waals surface area (Å²) in [6.45, 7) is 5.92. The maximum atomic E-state index is 13.7. The molecule has 0 aliphatic carbocycles. The summed E-state index contributed by atoms with van der Waals surface area (Å²) in [5, 5.41) is 15.0. The van der Waals surface area contributed by atoms with E-state index in [9.17, 15) is 19.2 Å². The standard InChI is InChI=1S/C40H61N7O6/c1-32(2)25-28-42-38(49)35(23-16-18-26-43-40(51)53-30-34-21-13-10-14-22-34)46-39(50)36(31-52-29-33-19-11-9-12-20-33)45-37(48)24-15-7-5-3-4-6-8-17-27-44-47-41/h9-14,19-22,32,35-36H,3-8,15-18,23-31H2,1-2H3,(H,42,49)(H,43,51)(H,45,48)(H,46,50)/t35-,36-/m1/s1. The van der Waals surface area contributed by atoms with Crippen molar-refractivity contribution in [2.45, 2.75) is 123 Å². The van der Waals surface area contributed by atoms with Crippen molar-refractivity contribution >= 4 is 23.8 Å². The minimum absolute atomic E-state index is 0.0527. The number of amides is 4. The molecule has 292 valence electrons. The molecule has 0 radical (unpaired) electrons. The first-order valence-corrected chi connectivity index (χ1v) is 19.2. The molecular formula is C40H61N7O6. The molecule has 4 amide bonds. The van der Waals surface area contributed by atoms with Gasteiger partial charge >= 0.3 is 6.09 Å². The second-order valence-corrected chi connectivity index (χ2v) is 13.7. The van der Waals surface area contributed by atoms with Crippen LogP contribution in [0.25, 0.3) is 10.4 Å². The topological polar surface area (TPSA) is 184 Å².